The first-order valence-electron chi connectivity index (χ1n) is 10.9. The van der Waals surface area contributed by atoms with E-state index in [2.05, 4.69) is 17.4 Å². The van der Waals surface area contributed by atoms with E-state index in [4.69, 9.17) is 9.47 Å². The van der Waals surface area contributed by atoms with Crippen molar-refractivity contribution in [3.05, 3.63) is 29.8 Å². The molecule has 1 saturated heterocycles. The molecule has 0 radical (unpaired) electrons. The number of nitrogens with one attached hydrogen (secondary N) is 1. The van der Waals surface area contributed by atoms with Crippen molar-refractivity contribution in [3.8, 4) is 5.75 Å². The Morgan fingerprint density at radius 3 is 2.52 bits per heavy atom. The predicted octanol–water partition coefficient (Wildman–Crippen LogP) is 3.88. The van der Waals surface area contributed by atoms with Crippen LogP contribution in [-0.2, 0) is 14.9 Å². The minimum Gasteiger partial charge on any atom is -0.497 e. The van der Waals surface area contributed by atoms with Crippen LogP contribution >= 0.6 is 0 Å². The zero-order chi connectivity index (χ0) is 20.7. The van der Waals surface area contributed by atoms with Crippen molar-refractivity contribution in [1.29, 1.82) is 0 Å². The number of benzene rings is 1. The number of methoxy groups -OCH3 is 1. The van der Waals surface area contributed by atoms with Crippen LogP contribution in [0.1, 0.15) is 57.4 Å². The van der Waals surface area contributed by atoms with Gasteiger partial charge in [0, 0.05) is 25.0 Å². The molecule has 1 aliphatic heterocycles. The summed E-state index contributed by atoms with van der Waals surface area (Å²) in [5, 5.41) is 3.23. The molecule has 1 heterocycles. The fourth-order valence-electron chi connectivity index (χ4n) is 4.71. The number of piperidine rings is 1. The molecule has 2 fully saturated rings. The maximum Gasteiger partial charge on any atom is 0.409 e. The van der Waals surface area contributed by atoms with Gasteiger partial charge in [-0.1, -0.05) is 31.4 Å². The summed E-state index contributed by atoms with van der Waals surface area (Å²) >= 11 is 0. The third-order valence-electron chi connectivity index (χ3n) is 6.43. The lowest BCUT2D eigenvalue weighted by Gasteiger charge is -2.39. The molecule has 29 heavy (non-hydrogen) atoms. The van der Waals surface area contributed by atoms with Crippen molar-refractivity contribution >= 4 is 12.0 Å². The Bertz CT molecular complexity index is 683. The van der Waals surface area contributed by atoms with Crippen LogP contribution in [0.3, 0.4) is 0 Å². The van der Waals surface area contributed by atoms with Crippen LogP contribution in [0.5, 0.6) is 5.75 Å². The minimum atomic E-state index is -0.313. The van der Waals surface area contributed by atoms with Gasteiger partial charge in [0.25, 0.3) is 0 Å². The van der Waals surface area contributed by atoms with E-state index in [9.17, 15) is 9.59 Å². The number of amides is 2. The summed E-state index contributed by atoms with van der Waals surface area (Å²) in [6.45, 7) is 3.91. The van der Waals surface area contributed by atoms with Crippen molar-refractivity contribution in [2.75, 3.05) is 33.4 Å². The normalized spacial score (nSPS) is 21.3. The molecule has 2 aliphatic rings. The molecule has 0 bridgehead atoms. The summed E-state index contributed by atoms with van der Waals surface area (Å²) in [5.41, 5.74) is 1.26. The standard InChI is InChI=1S/C23H34N2O4/c1-3-29-22(27)25-15-7-8-18(16-25)21(26)24-17-23(13-5-4-6-14-23)19-9-11-20(28-2)12-10-19/h9-12,18H,3-8,13-17H2,1-2H3,(H,24,26). The van der Waals surface area contributed by atoms with Gasteiger partial charge in [0.15, 0.2) is 0 Å². The maximum atomic E-state index is 12.9. The number of carbonyl (C=O) groups excluding carboxylic acids is 2. The van der Waals surface area contributed by atoms with Gasteiger partial charge >= 0.3 is 6.09 Å². The van der Waals surface area contributed by atoms with Gasteiger partial charge in [-0.2, -0.15) is 0 Å². The number of ether oxygens (including phenoxy) is 2. The molecule has 1 N–H and O–H groups in total. The van der Waals surface area contributed by atoms with E-state index in [1.807, 2.05) is 12.1 Å². The summed E-state index contributed by atoms with van der Waals surface area (Å²) < 4.78 is 10.4. The van der Waals surface area contributed by atoms with Crippen LogP contribution in [0.2, 0.25) is 0 Å². The van der Waals surface area contributed by atoms with Gasteiger partial charge in [-0.05, 0) is 50.3 Å². The van der Waals surface area contributed by atoms with Crippen molar-refractivity contribution in [1.82, 2.24) is 10.2 Å². The van der Waals surface area contributed by atoms with Gasteiger partial charge in [-0.15, -0.1) is 0 Å². The van der Waals surface area contributed by atoms with E-state index in [0.29, 0.717) is 26.2 Å². The third kappa shape index (κ3) is 5.22. The Balaban J connectivity index is 1.64. The number of nitrogens with zero attached hydrogens (tertiary/aromatic N) is 1. The molecule has 0 spiro atoms. The monoisotopic (exact) mass is 402 g/mol. The van der Waals surface area contributed by atoms with Crippen molar-refractivity contribution < 1.29 is 19.1 Å². The topological polar surface area (TPSA) is 67.9 Å². The average molecular weight is 403 g/mol. The lowest BCUT2D eigenvalue weighted by molar-refractivity contribution is -0.126. The zero-order valence-electron chi connectivity index (χ0n) is 17.7. The number of hydrogen-bond acceptors (Lipinski definition) is 4. The molecule has 160 valence electrons. The van der Waals surface area contributed by atoms with E-state index in [-0.39, 0.29) is 23.3 Å². The lowest BCUT2D eigenvalue weighted by atomic mass is 9.69. The second-order valence-electron chi connectivity index (χ2n) is 8.27. The van der Waals surface area contributed by atoms with E-state index in [1.165, 1.54) is 24.8 Å². The maximum absolute atomic E-state index is 12.9. The van der Waals surface area contributed by atoms with Crippen molar-refractivity contribution in [3.63, 3.8) is 0 Å². The molecular weight excluding hydrogens is 368 g/mol. The molecule has 6 nitrogen and oxygen atoms in total. The summed E-state index contributed by atoms with van der Waals surface area (Å²) in [7, 11) is 1.68. The van der Waals surface area contributed by atoms with Crippen molar-refractivity contribution in [2.24, 2.45) is 5.92 Å². The molecule has 1 unspecified atom stereocenters. The van der Waals surface area contributed by atoms with Crippen molar-refractivity contribution in [2.45, 2.75) is 57.3 Å². The molecule has 1 saturated carbocycles. The van der Waals surface area contributed by atoms with E-state index in [0.717, 1.165) is 31.4 Å². The number of rotatable bonds is 6. The Morgan fingerprint density at radius 1 is 1.14 bits per heavy atom. The quantitative estimate of drug-likeness (QED) is 0.784. The molecule has 6 heteroatoms. The minimum absolute atomic E-state index is 0.0182. The fraction of sp³-hybridized carbons (Fsp3) is 0.652. The number of carbonyl (C=O) groups is 2. The Labute approximate surface area is 173 Å². The van der Waals surface area contributed by atoms with Crippen LogP contribution in [0, 0.1) is 5.92 Å². The predicted molar refractivity (Wildman–Crippen MR) is 112 cm³/mol. The van der Waals surface area contributed by atoms with Gasteiger partial charge in [0.05, 0.1) is 19.6 Å². The van der Waals surface area contributed by atoms with Gasteiger partial charge in [0.1, 0.15) is 5.75 Å². The molecule has 1 atom stereocenters. The van der Waals surface area contributed by atoms with Gasteiger partial charge < -0.3 is 19.7 Å². The first-order valence-corrected chi connectivity index (χ1v) is 10.9. The van der Waals surface area contributed by atoms with Crippen LogP contribution in [0.4, 0.5) is 4.79 Å². The molecule has 3 rings (SSSR count). The fourth-order valence-corrected chi connectivity index (χ4v) is 4.71. The third-order valence-corrected chi connectivity index (χ3v) is 6.43. The Morgan fingerprint density at radius 2 is 1.86 bits per heavy atom. The zero-order valence-corrected chi connectivity index (χ0v) is 17.7. The Hall–Kier alpha value is -2.24. The molecule has 1 aromatic carbocycles. The lowest BCUT2D eigenvalue weighted by Crippen LogP contribution is -2.48. The van der Waals surface area contributed by atoms with Gasteiger partial charge in [0.2, 0.25) is 5.91 Å². The highest BCUT2D eigenvalue weighted by Gasteiger charge is 2.36. The Kier molecular flexibility index (Phi) is 7.40. The van der Waals surface area contributed by atoms with E-state index >= 15 is 0 Å². The number of likely N-dealkylation sites (tertiary alicyclic amines) is 1. The first kappa shape index (κ1) is 21.5. The van der Waals surface area contributed by atoms with Gasteiger partial charge in [-0.25, -0.2) is 4.79 Å². The largest absolute Gasteiger partial charge is 0.497 e. The second-order valence-corrected chi connectivity index (χ2v) is 8.27. The number of hydrogen-bond donors (Lipinski definition) is 1. The van der Waals surface area contributed by atoms with Crippen LogP contribution in [-0.4, -0.2) is 50.3 Å². The highest BCUT2D eigenvalue weighted by Crippen LogP contribution is 2.39. The molecule has 1 aromatic rings. The highest BCUT2D eigenvalue weighted by molar-refractivity contribution is 5.80. The molecule has 0 aromatic heterocycles. The SMILES string of the molecule is CCOC(=O)N1CCCC(C(=O)NCC2(c3ccc(OC)cc3)CCCCC2)C1. The van der Waals surface area contributed by atoms with E-state index in [1.54, 1.807) is 18.9 Å². The molecular formula is C23H34N2O4. The average Bonchev–Trinajstić information content (AvgIpc) is 2.78. The summed E-state index contributed by atoms with van der Waals surface area (Å²) in [6.07, 6.45) is 7.12. The van der Waals surface area contributed by atoms with Gasteiger partial charge in [-0.3, -0.25) is 4.79 Å². The molecule has 1 aliphatic carbocycles. The first-order chi connectivity index (χ1) is 14.1. The summed E-state index contributed by atoms with van der Waals surface area (Å²) in [6, 6.07) is 8.29. The van der Waals surface area contributed by atoms with Crippen LogP contribution in [0.15, 0.2) is 24.3 Å². The summed E-state index contributed by atoms with van der Waals surface area (Å²) in [5.74, 6) is 0.743. The van der Waals surface area contributed by atoms with E-state index < -0.39 is 0 Å². The highest BCUT2D eigenvalue weighted by atomic mass is 16.6. The second kappa shape index (κ2) is 9.99. The van der Waals surface area contributed by atoms with Crippen LogP contribution in [0.25, 0.3) is 0 Å². The smallest absolute Gasteiger partial charge is 0.409 e. The molecule has 2 amide bonds. The summed E-state index contributed by atoms with van der Waals surface area (Å²) in [4.78, 5) is 26.6. The van der Waals surface area contributed by atoms with Crippen LogP contribution < -0.4 is 10.1 Å².